The van der Waals surface area contributed by atoms with Crippen LogP contribution in [-0.2, 0) is 37.4 Å². The van der Waals surface area contributed by atoms with Crippen LogP contribution in [0.5, 0.6) is 23.0 Å². The standard InChI is InChI=1S/C37H41N5O10S/c1-46-26-12-8-23(9-13-26)20-41(53(44,45)36-32(48-3)15-24(21-50-22-43)16-33(36)49-4)37-27-17-31(47-2)28(18-30(27)52-40-37)38-34-19-29(25-10-11-25)42(39-34)35-7-5-6-14-51-35/h8-9,12-13,15-19,22,25,35H,5-7,10-11,14,20-21H2,1-4H3,(H,38,39). The number of hydrogen-bond acceptors (Lipinski definition) is 13. The molecule has 1 aliphatic heterocycles. The average Bonchev–Trinajstić information content (AvgIpc) is 3.83. The summed E-state index contributed by atoms with van der Waals surface area (Å²) in [5.41, 5.74) is 3.09. The van der Waals surface area contributed by atoms with Crippen molar-refractivity contribution >= 4 is 44.8 Å². The Kier molecular flexibility index (Phi) is 10.3. The van der Waals surface area contributed by atoms with Crippen LogP contribution in [0, 0.1) is 0 Å². The molecule has 280 valence electrons. The number of rotatable bonds is 16. The first-order chi connectivity index (χ1) is 25.8. The fourth-order valence-corrected chi connectivity index (χ4v) is 8.21. The van der Waals surface area contributed by atoms with Crippen molar-refractivity contribution in [3.8, 4) is 23.0 Å². The molecule has 16 heteroatoms. The zero-order chi connectivity index (χ0) is 37.1. The topological polar surface area (TPSA) is 166 Å². The van der Waals surface area contributed by atoms with Gasteiger partial charge >= 0.3 is 0 Å². The number of sulfonamides is 1. The molecule has 0 spiro atoms. The van der Waals surface area contributed by atoms with Crippen molar-refractivity contribution in [2.75, 3.05) is 44.7 Å². The van der Waals surface area contributed by atoms with Crippen molar-refractivity contribution in [2.45, 2.75) is 62.3 Å². The van der Waals surface area contributed by atoms with Crippen molar-refractivity contribution in [3.05, 3.63) is 71.4 Å². The molecule has 0 bridgehead atoms. The van der Waals surface area contributed by atoms with Gasteiger partial charge in [-0.15, -0.1) is 0 Å². The molecular weight excluding hydrogens is 706 g/mol. The fourth-order valence-electron chi connectivity index (χ4n) is 6.52. The minimum Gasteiger partial charge on any atom is -0.497 e. The Morgan fingerprint density at radius 3 is 2.26 bits per heavy atom. The summed E-state index contributed by atoms with van der Waals surface area (Å²) in [5.74, 6) is 2.06. The van der Waals surface area contributed by atoms with Crippen LogP contribution in [0.4, 0.5) is 17.3 Å². The predicted octanol–water partition coefficient (Wildman–Crippen LogP) is 6.45. The van der Waals surface area contributed by atoms with Gasteiger partial charge in [-0.25, -0.2) is 17.4 Å². The van der Waals surface area contributed by atoms with Crippen molar-refractivity contribution in [2.24, 2.45) is 0 Å². The summed E-state index contributed by atoms with van der Waals surface area (Å²) in [5, 5.41) is 13.0. The minimum atomic E-state index is -4.51. The highest BCUT2D eigenvalue weighted by molar-refractivity contribution is 7.93. The van der Waals surface area contributed by atoms with Gasteiger partial charge in [-0.05, 0) is 73.6 Å². The number of methoxy groups -OCH3 is 4. The molecule has 1 saturated heterocycles. The Morgan fingerprint density at radius 1 is 0.906 bits per heavy atom. The first-order valence-electron chi connectivity index (χ1n) is 17.2. The Bertz CT molecular complexity index is 2170. The molecule has 1 aliphatic carbocycles. The molecule has 2 fully saturated rings. The van der Waals surface area contributed by atoms with E-state index in [1.54, 1.807) is 43.5 Å². The third kappa shape index (κ3) is 7.28. The SMILES string of the molecule is COc1ccc(CN(c2noc3cc(Nc4cc(C5CC5)n(C5CCCCO5)n4)c(OC)cc23)S(=O)(=O)c2c(OC)cc(COC=O)cc2OC)cc1. The first kappa shape index (κ1) is 35.9. The molecule has 7 rings (SSSR count). The summed E-state index contributed by atoms with van der Waals surface area (Å²) in [6.45, 7) is 0.744. The van der Waals surface area contributed by atoms with Gasteiger partial charge in [-0.2, -0.15) is 5.10 Å². The maximum atomic E-state index is 14.9. The molecule has 1 unspecified atom stereocenters. The Morgan fingerprint density at radius 2 is 1.64 bits per heavy atom. The van der Waals surface area contributed by atoms with Gasteiger partial charge in [-0.1, -0.05) is 17.3 Å². The molecule has 1 atom stereocenters. The van der Waals surface area contributed by atoms with Gasteiger partial charge in [0.15, 0.2) is 28.3 Å². The fraction of sp³-hybridized carbons (Fsp3) is 0.378. The molecular formula is C37H41N5O10S. The monoisotopic (exact) mass is 747 g/mol. The zero-order valence-corrected chi connectivity index (χ0v) is 30.7. The largest absolute Gasteiger partial charge is 0.497 e. The summed E-state index contributed by atoms with van der Waals surface area (Å²) >= 11 is 0. The summed E-state index contributed by atoms with van der Waals surface area (Å²) in [4.78, 5) is 10.6. The second-order valence-electron chi connectivity index (χ2n) is 12.8. The molecule has 0 amide bonds. The number of aromatic nitrogens is 3. The van der Waals surface area contributed by atoms with Gasteiger partial charge in [-0.3, -0.25) is 4.79 Å². The lowest BCUT2D eigenvalue weighted by Crippen LogP contribution is -2.31. The van der Waals surface area contributed by atoms with Gasteiger partial charge in [0.05, 0.1) is 46.1 Å². The van der Waals surface area contributed by atoms with E-state index in [0.717, 1.165) is 42.1 Å². The molecule has 53 heavy (non-hydrogen) atoms. The smallest absolute Gasteiger partial charge is 0.293 e. The van der Waals surface area contributed by atoms with E-state index >= 15 is 0 Å². The van der Waals surface area contributed by atoms with E-state index in [4.69, 9.17) is 38.0 Å². The third-order valence-corrected chi connectivity index (χ3v) is 11.1. The number of carbonyl (C=O) groups excluding carboxylic acids is 1. The Balaban J connectivity index is 1.30. The van der Waals surface area contributed by atoms with Gasteiger partial charge < -0.3 is 38.3 Å². The normalized spacial score (nSPS) is 15.9. The number of ether oxygens (including phenoxy) is 6. The lowest BCUT2D eigenvalue weighted by molar-refractivity contribution is -0.129. The van der Waals surface area contributed by atoms with Crippen LogP contribution in [0.3, 0.4) is 0 Å². The second-order valence-corrected chi connectivity index (χ2v) is 14.6. The minimum absolute atomic E-state index is 0.00730. The van der Waals surface area contributed by atoms with Crippen LogP contribution in [0.15, 0.2) is 64.0 Å². The number of fused-ring (bicyclic) bond motifs is 1. The van der Waals surface area contributed by atoms with Gasteiger partial charge in [0.2, 0.25) is 0 Å². The van der Waals surface area contributed by atoms with E-state index in [2.05, 4.69) is 10.5 Å². The van der Waals surface area contributed by atoms with Crippen LogP contribution in [0.25, 0.3) is 11.0 Å². The highest BCUT2D eigenvalue weighted by Crippen LogP contribution is 2.45. The van der Waals surface area contributed by atoms with Crippen molar-refractivity contribution in [1.82, 2.24) is 14.9 Å². The molecule has 5 aromatic rings. The summed E-state index contributed by atoms with van der Waals surface area (Å²) in [7, 11) is 1.26. The van der Waals surface area contributed by atoms with Gasteiger partial charge in [0, 0.05) is 30.4 Å². The average molecular weight is 748 g/mol. The third-order valence-electron chi connectivity index (χ3n) is 9.33. The van der Waals surface area contributed by atoms with Crippen molar-refractivity contribution in [3.63, 3.8) is 0 Å². The number of hydrogen-bond donors (Lipinski definition) is 1. The first-order valence-corrected chi connectivity index (χ1v) is 18.6. The predicted molar refractivity (Wildman–Crippen MR) is 194 cm³/mol. The second kappa shape index (κ2) is 15.2. The number of carbonyl (C=O) groups is 1. The molecule has 1 saturated carbocycles. The molecule has 15 nitrogen and oxygen atoms in total. The number of nitrogens with zero attached hydrogens (tertiary/aromatic N) is 4. The lowest BCUT2D eigenvalue weighted by Gasteiger charge is -2.25. The van der Waals surface area contributed by atoms with Crippen LogP contribution in [-0.4, -0.2) is 64.9 Å². The van der Waals surface area contributed by atoms with Crippen molar-refractivity contribution in [1.29, 1.82) is 0 Å². The van der Waals surface area contributed by atoms with Gasteiger partial charge in [0.1, 0.15) is 29.6 Å². The van der Waals surface area contributed by atoms with E-state index in [1.165, 1.54) is 33.5 Å². The Hall–Kier alpha value is -5.48. The molecule has 0 radical (unpaired) electrons. The van der Waals surface area contributed by atoms with Crippen LogP contribution < -0.4 is 28.6 Å². The molecule has 1 N–H and O–H groups in total. The zero-order valence-electron chi connectivity index (χ0n) is 29.9. The van der Waals surface area contributed by atoms with Gasteiger partial charge in [0.25, 0.3) is 16.5 Å². The van der Waals surface area contributed by atoms with Crippen LogP contribution in [0.2, 0.25) is 0 Å². The van der Waals surface area contributed by atoms with Crippen LogP contribution >= 0.6 is 0 Å². The number of benzene rings is 3. The molecule has 2 aliphatic rings. The quantitative estimate of drug-likeness (QED) is 0.110. The Labute approximate surface area is 306 Å². The van der Waals surface area contributed by atoms with E-state index in [0.29, 0.717) is 64.1 Å². The highest BCUT2D eigenvalue weighted by atomic mass is 32.2. The van der Waals surface area contributed by atoms with E-state index in [-0.39, 0.29) is 41.6 Å². The molecule has 3 aromatic carbocycles. The van der Waals surface area contributed by atoms with Crippen molar-refractivity contribution < 1.29 is 46.2 Å². The lowest BCUT2D eigenvalue weighted by atomic mass is 10.2. The van der Waals surface area contributed by atoms with E-state index in [1.807, 2.05) is 10.7 Å². The van der Waals surface area contributed by atoms with E-state index < -0.39 is 10.0 Å². The summed E-state index contributed by atoms with van der Waals surface area (Å²) in [6, 6.07) is 15.4. The highest BCUT2D eigenvalue weighted by Gasteiger charge is 2.36. The van der Waals surface area contributed by atoms with E-state index in [9.17, 15) is 13.2 Å². The summed E-state index contributed by atoms with van der Waals surface area (Å²) < 4.78 is 72.0. The molecule has 2 aromatic heterocycles. The maximum absolute atomic E-state index is 14.9. The van der Waals surface area contributed by atoms with Crippen LogP contribution in [0.1, 0.15) is 61.1 Å². The maximum Gasteiger partial charge on any atom is 0.293 e. The molecule has 3 heterocycles. The number of nitrogens with one attached hydrogen (secondary N) is 1. The summed E-state index contributed by atoms with van der Waals surface area (Å²) in [6.07, 6.45) is 5.15. The number of anilines is 3.